The number of amides is 2. The largest absolute Gasteiger partial charge is 0.437 e. The van der Waals surface area contributed by atoms with Crippen molar-refractivity contribution >= 4 is 28.4 Å². The molecule has 0 bridgehead atoms. The van der Waals surface area contributed by atoms with Crippen LogP contribution in [0.1, 0.15) is 43.4 Å². The number of nitriles is 1. The Balaban J connectivity index is 1.74. The van der Waals surface area contributed by atoms with Gasteiger partial charge < -0.3 is 11.1 Å². The number of nitrogens with one attached hydrogen (secondary N) is 1. The number of carbonyl (C=O) groups is 2. The zero-order chi connectivity index (χ0) is 26.9. The van der Waals surface area contributed by atoms with E-state index in [1.807, 2.05) is 6.07 Å². The van der Waals surface area contributed by atoms with E-state index in [4.69, 9.17) is 11.0 Å². The normalized spacial score (nSPS) is 11.4. The summed E-state index contributed by atoms with van der Waals surface area (Å²) in [5.74, 6) is -2.68. The first-order chi connectivity index (χ1) is 17.5. The van der Waals surface area contributed by atoms with Gasteiger partial charge in [0.15, 0.2) is 5.69 Å². The first-order valence-electron chi connectivity index (χ1n) is 10.8. The van der Waals surface area contributed by atoms with Gasteiger partial charge >= 0.3 is 6.18 Å². The van der Waals surface area contributed by atoms with Gasteiger partial charge in [-0.1, -0.05) is 24.3 Å². The molecule has 0 aliphatic heterocycles. The molecule has 0 saturated carbocycles. The van der Waals surface area contributed by atoms with Crippen LogP contribution in [0.5, 0.6) is 0 Å². The Morgan fingerprint density at radius 3 is 2.41 bits per heavy atom. The minimum absolute atomic E-state index is 0.0269. The highest BCUT2D eigenvalue weighted by Crippen LogP contribution is 2.36. The van der Waals surface area contributed by atoms with Crippen molar-refractivity contribution in [1.29, 1.82) is 5.26 Å². The molecule has 0 atom stereocenters. The summed E-state index contributed by atoms with van der Waals surface area (Å²) < 4.78 is 56.4. The SMILES string of the molecule is Cc1c(NC(=O)c2cc(C(N)=O)nc3cc(F)ccc23)c(C(F)(F)F)nn1Cc1ccc(CC#N)cc1. The van der Waals surface area contributed by atoms with Crippen molar-refractivity contribution in [3.8, 4) is 6.07 Å². The number of benzene rings is 2. The zero-order valence-corrected chi connectivity index (χ0v) is 19.2. The molecule has 2 aromatic carbocycles. The minimum Gasteiger partial charge on any atom is -0.364 e. The second-order valence-electron chi connectivity index (χ2n) is 8.15. The first-order valence-corrected chi connectivity index (χ1v) is 10.8. The quantitative estimate of drug-likeness (QED) is 0.373. The highest BCUT2D eigenvalue weighted by Gasteiger charge is 2.39. The number of fused-ring (bicyclic) bond motifs is 1. The van der Waals surface area contributed by atoms with Crippen LogP contribution in [0.15, 0.2) is 48.5 Å². The van der Waals surface area contributed by atoms with Gasteiger partial charge in [-0.15, -0.1) is 0 Å². The standard InChI is InChI=1S/C25H18F4N6O2/c1-13-21(22(25(27,28)29)34-35(13)12-15-4-2-14(3-5-15)8-9-30)33-24(37)18-11-20(23(31)36)32-19-10-16(26)6-7-17(18)19/h2-7,10-11H,8,12H2,1H3,(H2,31,36)(H,33,37). The van der Waals surface area contributed by atoms with Crippen molar-refractivity contribution < 1.29 is 27.2 Å². The molecule has 0 radical (unpaired) electrons. The monoisotopic (exact) mass is 510 g/mol. The lowest BCUT2D eigenvalue weighted by atomic mass is 10.1. The summed E-state index contributed by atoms with van der Waals surface area (Å²) in [7, 11) is 0. The number of anilines is 1. The fourth-order valence-electron chi connectivity index (χ4n) is 3.77. The summed E-state index contributed by atoms with van der Waals surface area (Å²) >= 11 is 0. The molecule has 0 fully saturated rings. The Bertz CT molecular complexity index is 1570. The number of hydrogen-bond acceptors (Lipinski definition) is 5. The van der Waals surface area contributed by atoms with Crippen LogP contribution in [0.3, 0.4) is 0 Å². The number of rotatable bonds is 6. The van der Waals surface area contributed by atoms with Crippen LogP contribution in [0.4, 0.5) is 23.2 Å². The number of carbonyl (C=O) groups excluding carboxylic acids is 2. The second-order valence-corrected chi connectivity index (χ2v) is 8.15. The fourth-order valence-corrected chi connectivity index (χ4v) is 3.77. The molecule has 8 nitrogen and oxygen atoms in total. The molecule has 0 aliphatic rings. The Labute approximate surface area is 207 Å². The van der Waals surface area contributed by atoms with Crippen molar-refractivity contribution in [2.45, 2.75) is 26.1 Å². The summed E-state index contributed by atoms with van der Waals surface area (Å²) in [6, 6.07) is 13.0. The number of nitrogens with zero attached hydrogens (tertiary/aromatic N) is 4. The number of halogens is 4. The van der Waals surface area contributed by atoms with Crippen molar-refractivity contribution in [2.24, 2.45) is 5.73 Å². The molecule has 12 heteroatoms. The molecule has 4 aromatic rings. The predicted molar refractivity (Wildman–Crippen MR) is 125 cm³/mol. The van der Waals surface area contributed by atoms with Crippen LogP contribution < -0.4 is 11.1 Å². The Morgan fingerprint density at radius 1 is 1.11 bits per heavy atom. The summed E-state index contributed by atoms with van der Waals surface area (Å²) in [6.07, 6.45) is -4.69. The lowest BCUT2D eigenvalue weighted by Crippen LogP contribution is -2.19. The van der Waals surface area contributed by atoms with E-state index in [2.05, 4.69) is 15.4 Å². The van der Waals surface area contributed by atoms with E-state index < -0.39 is 35.2 Å². The Hall–Kier alpha value is -4.79. The van der Waals surface area contributed by atoms with Crippen LogP contribution in [0, 0.1) is 24.1 Å². The molecule has 2 aromatic heterocycles. The third kappa shape index (κ3) is 5.25. The van der Waals surface area contributed by atoms with Crippen molar-refractivity contribution in [3.05, 3.63) is 88.1 Å². The lowest BCUT2D eigenvalue weighted by Gasteiger charge is -2.12. The minimum atomic E-state index is -4.89. The van der Waals surface area contributed by atoms with Gasteiger partial charge in [-0.3, -0.25) is 14.3 Å². The number of primary amides is 1. The molecule has 37 heavy (non-hydrogen) atoms. The van der Waals surface area contributed by atoms with Gasteiger partial charge in [0.05, 0.1) is 41.5 Å². The van der Waals surface area contributed by atoms with Crippen LogP contribution in [-0.2, 0) is 19.1 Å². The van der Waals surface area contributed by atoms with Crippen LogP contribution in [0.2, 0.25) is 0 Å². The van der Waals surface area contributed by atoms with E-state index in [0.29, 0.717) is 5.56 Å². The third-order valence-corrected chi connectivity index (χ3v) is 5.62. The van der Waals surface area contributed by atoms with Crippen molar-refractivity contribution in [3.63, 3.8) is 0 Å². The number of pyridine rings is 1. The van der Waals surface area contributed by atoms with Crippen LogP contribution in [-0.4, -0.2) is 26.6 Å². The molecule has 4 rings (SSSR count). The third-order valence-electron chi connectivity index (χ3n) is 5.62. The highest BCUT2D eigenvalue weighted by molar-refractivity contribution is 6.14. The maximum Gasteiger partial charge on any atom is 0.437 e. The zero-order valence-electron chi connectivity index (χ0n) is 19.2. The summed E-state index contributed by atoms with van der Waals surface area (Å²) in [5, 5.41) is 14.8. The molecule has 0 aliphatic carbocycles. The van der Waals surface area contributed by atoms with Crippen LogP contribution >= 0.6 is 0 Å². The van der Waals surface area contributed by atoms with Gasteiger partial charge in [-0.25, -0.2) is 9.37 Å². The lowest BCUT2D eigenvalue weighted by molar-refractivity contribution is -0.140. The Kier molecular flexibility index (Phi) is 6.63. The van der Waals surface area contributed by atoms with E-state index in [0.717, 1.165) is 28.4 Å². The topological polar surface area (TPSA) is 127 Å². The summed E-state index contributed by atoms with van der Waals surface area (Å²) in [4.78, 5) is 28.8. The van der Waals surface area contributed by atoms with Gasteiger partial charge in [0.2, 0.25) is 0 Å². The molecule has 0 unspecified atom stereocenters. The second kappa shape index (κ2) is 9.69. The molecule has 2 amide bonds. The summed E-state index contributed by atoms with van der Waals surface area (Å²) in [6.45, 7) is 1.34. The molecule has 0 spiro atoms. The molecular weight excluding hydrogens is 492 g/mol. The van der Waals surface area contributed by atoms with E-state index in [9.17, 15) is 27.2 Å². The average Bonchev–Trinajstić information content (AvgIpc) is 3.14. The van der Waals surface area contributed by atoms with Crippen molar-refractivity contribution in [2.75, 3.05) is 5.32 Å². The van der Waals surface area contributed by atoms with Gasteiger partial charge in [0.25, 0.3) is 11.8 Å². The van der Waals surface area contributed by atoms with E-state index in [1.165, 1.54) is 13.0 Å². The smallest absolute Gasteiger partial charge is 0.364 e. The maximum atomic E-state index is 13.9. The van der Waals surface area contributed by atoms with Gasteiger partial charge in [0, 0.05) is 11.5 Å². The van der Waals surface area contributed by atoms with E-state index >= 15 is 0 Å². The summed E-state index contributed by atoms with van der Waals surface area (Å²) in [5.41, 5.74) is 4.18. The average molecular weight is 510 g/mol. The number of hydrogen-bond donors (Lipinski definition) is 2. The van der Waals surface area contributed by atoms with Gasteiger partial charge in [-0.05, 0) is 36.2 Å². The highest BCUT2D eigenvalue weighted by atomic mass is 19.4. The number of aromatic nitrogens is 3. The van der Waals surface area contributed by atoms with E-state index in [1.54, 1.807) is 24.3 Å². The van der Waals surface area contributed by atoms with E-state index in [-0.39, 0.29) is 40.8 Å². The Morgan fingerprint density at radius 2 is 1.78 bits per heavy atom. The molecular formula is C25H18F4N6O2. The number of alkyl halides is 3. The van der Waals surface area contributed by atoms with Gasteiger partial charge in [-0.2, -0.15) is 23.5 Å². The van der Waals surface area contributed by atoms with Crippen LogP contribution in [0.25, 0.3) is 10.9 Å². The molecule has 2 heterocycles. The fraction of sp³-hybridized carbons (Fsp3) is 0.160. The van der Waals surface area contributed by atoms with Gasteiger partial charge in [0.1, 0.15) is 11.5 Å². The molecule has 3 N–H and O–H groups in total. The molecule has 188 valence electrons. The maximum absolute atomic E-state index is 13.9. The number of nitrogens with two attached hydrogens (primary N) is 1. The van der Waals surface area contributed by atoms with Crippen molar-refractivity contribution in [1.82, 2.24) is 14.8 Å². The molecule has 0 saturated heterocycles. The first kappa shape index (κ1) is 25.3. The predicted octanol–water partition coefficient (Wildman–Crippen LogP) is 4.36.